The molecule has 1 saturated heterocycles. The van der Waals surface area contributed by atoms with E-state index in [4.69, 9.17) is 0 Å². The van der Waals surface area contributed by atoms with Gasteiger partial charge >= 0.3 is 5.97 Å². The molecular formula is C24H39N3O6. The Balaban J connectivity index is 1.80. The Labute approximate surface area is 195 Å². The van der Waals surface area contributed by atoms with Gasteiger partial charge in [0.05, 0.1) is 6.04 Å². The monoisotopic (exact) mass is 465 g/mol. The van der Waals surface area contributed by atoms with Crippen molar-refractivity contribution < 1.29 is 29.4 Å². The number of aliphatic hydroxyl groups is 1. The van der Waals surface area contributed by atoms with Crippen molar-refractivity contribution in [1.82, 2.24) is 15.5 Å². The minimum atomic E-state index is -1.70. The molecule has 33 heavy (non-hydrogen) atoms. The summed E-state index contributed by atoms with van der Waals surface area (Å²) in [6, 6.07) is -2.40. The maximum atomic E-state index is 13.5. The number of rotatable bonds is 10. The van der Waals surface area contributed by atoms with E-state index < -0.39 is 36.1 Å². The minimum absolute atomic E-state index is 0.0430. The van der Waals surface area contributed by atoms with Crippen molar-refractivity contribution in [3.63, 3.8) is 0 Å². The van der Waals surface area contributed by atoms with Crippen LogP contribution in [0.5, 0.6) is 0 Å². The van der Waals surface area contributed by atoms with Gasteiger partial charge in [-0.05, 0) is 35.5 Å². The van der Waals surface area contributed by atoms with Crippen molar-refractivity contribution in [2.24, 2.45) is 35.0 Å². The van der Waals surface area contributed by atoms with E-state index in [1.807, 2.05) is 13.8 Å². The van der Waals surface area contributed by atoms with Crippen LogP contribution in [0.3, 0.4) is 0 Å². The summed E-state index contributed by atoms with van der Waals surface area (Å²) in [5.74, 6) is -2.33. The number of amides is 3. The minimum Gasteiger partial charge on any atom is -0.479 e. The van der Waals surface area contributed by atoms with Crippen molar-refractivity contribution in [3.8, 4) is 0 Å². The van der Waals surface area contributed by atoms with E-state index in [-0.39, 0.29) is 40.9 Å². The third kappa shape index (κ3) is 5.18. The first-order valence-corrected chi connectivity index (χ1v) is 12.1. The molecule has 4 N–H and O–H groups in total. The standard InChI is InChI=1S/C24H39N3O6/c1-11(2)17(26-20(29)12(3)4)22(31)27-10-14-16(24(14,5)6)18(27)21(30)25-15(9-13-7-8-13)19(28)23(32)33/h11-19,28H,7-10H2,1-6H3,(H,25,30)(H,26,29)(H,32,33)/t14-,15?,16-,17-,18-,19?/m0/s1. The summed E-state index contributed by atoms with van der Waals surface area (Å²) in [6.45, 7) is 11.8. The first-order chi connectivity index (χ1) is 15.3. The lowest BCUT2D eigenvalue weighted by atomic mass is 9.96. The molecule has 3 amide bonds. The third-order valence-electron chi connectivity index (χ3n) is 7.76. The molecule has 3 rings (SSSR count). The number of carbonyl (C=O) groups is 4. The highest BCUT2D eigenvalue weighted by molar-refractivity contribution is 5.94. The zero-order chi connectivity index (χ0) is 24.8. The quantitative estimate of drug-likeness (QED) is 0.380. The molecule has 1 aliphatic heterocycles. The van der Waals surface area contributed by atoms with E-state index >= 15 is 0 Å². The van der Waals surface area contributed by atoms with Gasteiger partial charge in [0.1, 0.15) is 12.1 Å². The van der Waals surface area contributed by atoms with E-state index in [0.29, 0.717) is 18.9 Å². The fourth-order valence-corrected chi connectivity index (χ4v) is 5.25. The van der Waals surface area contributed by atoms with Gasteiger partial charge in [-0.2, -0.15) is 0 Å². The molecule has 0 spiro atoms. The zero-order valence-electron chi connectivity index (χ0n) is 20.5. The summed E-state index contributed by atoms with van der Waals surface area (Å²) in [5.41, 5.74) is -0.106. The molecule has 9 heteroatoms. The summed E-state index contributed by atoms with van der Waals surface area (Å²) in [6.07, 6.45) is 0.611. The molecule has 2 aliphatic carbocycles. The molecular weight excluding hydrogens is 426 g/mol. The fourth-order valence-electron chi connectivity index (χ4n) is 5.25. The topological polar surface area (TPSA) is 136 Å². The number of likely N-dealkylation sites (tertiary alicyclic amines) is 1. The van der Waals surface area contributed by atoms with Crippen LogP contribution in [0.4, 0.5) is 0 Å². The van der Waals surface area contributed by atoms with Crippen LogP contribution in [0.1, 0.15) is 60.8 Å². The molecule has 6 atom stereocenters. The molecule has 1 heterocycles. The van der Waals surface area contributed by atoms with Gasteiger partial charge in [-0.15, -0.1) is 0 Å². The number of nitrogens with one attached hydrogen (secondary N) is 2. The first-order valence-electron chi connectivity index (χ1n) is 12.1. The molecule has 3 fully saturated rings. The Kier molecular flexibility index (Phi) is 7.13. The largest absolute Gasteiger partial charge is 0.479 e. The van der Waals surface area contributed by atoms with Crippen molar-refractivity contribution in [1.29, 1.82) is 0 Å². The number of hydrogen-bond donors (Lipinski definition) is 4. The molecule has 9 nitrogen and oxygen atoms in total. The Bertz CT molecular complexity index is 806. The lowest BCUT2D eigenvalue weighted by molar-refractivity contribution is -0.150. The number of hydrogen-bond acceptors (Lipinski definition) is 5. The molecule has 0 aromatic carbocycles. The highest BCUT2D eigenvalue weighted by Crippen LogP contribution is 2.65. The van der Waals surface area contributed by atoms with Crippen LogP contribution < -0.4 is 10.6 Å². The maximum absolute atomic E-state index is 13.5. The SMILES string of the molecule is CC(C)C(=O)N[C@H](C(=O)N1C[C@H]2[C@@H]([C@H]1C(=O)NC(CC1CC1)C(O)C(=O)O)C2(C)C)C(C)C. The van der Waals surface area contributed by atoms with Crippen LogP contribution in [-0.2, 0) is 19.2 Å². The van der Waals surface area contributed by atoms with Gasteiger partial charge in [0.15, 0.2) is 6.10 Å². The number of carboxylic acid groups (broad SMARTS) is 1. The number of piperidine rings is 1. The van der Waals surface area contributed by atoms with Gasteiger partial charge in [-0.1, -0.05) is 54.4 Å². The van der Waals surface area contributed by atoms with E-state index in [0.717, 1.165) is 12.8 Å². The molecule has 3 aliphatic rings. The van der Waals surface area contributed by atoms with Gasteiger partial charge in [-0.25, -0.2) is 4.79 Å². The molecule has 0 radical (unpaired) electrons. The Morgan fingerprint density at radius 2 is 1.67 bits per heavy atom. The molecule has 2 saturated carbocycles. The Morgan fingerprint density at radius 3 is 2.15 bits per heavy atom. The highest BCUT2D eigenvalue weighted by atomic mass is 16.4. The second kappa shape index (κ2) is 9.24. The number of carboxylic acids is 1. The van der Waals surface area contributed by atoms with Crippen LogP contribution in [0.25, 0.3) is 0 Å². The average molecular weight is 466 g/mol. The van der Waals surface area contributed by atoms with Crippen LogP contribution in [-0.4, -0.2) is 69.6 Å². The van der Waals surface area contributed by atoms with Crippen LogP contribution in [0, 0.1) is 35.0 Å². The lowest BCUT2D eigenvalue weighted by Gasteiger charge is -2.35. The smallest absolute Gasteiger partial charge is 0.334 e. The molecule has 0 aromatic heterocycles. The van der Waals surface area contributed by atoms with Crippen molar-refractivity contribution in [2.45, 2.75) is 85.0 Å². The van der Waals surface area contributed by atoms with Gasteiger partial charge in [0.2, 0.25) is 17.7 Å². The first kappa shape index (κ1) is 25.5. The number of fused-ring (bicyclic) bond motifs is 1. The number of aliphatic carboxylic acids is 1. The summed E-state index contributed by atoms with van der Waals surface area (Å²) in [4.78, 5) is 52.3. The van der Waals surface area contributed by atoms with Gasteiger partial charge in [0, 0.05) is 12.5 Å². The summed E-state index contributed by atoms with van der Waals surface area (Å²) < 4.78 is 0. The van der Waals surface area contributed by atoms with E-state index in [1.165, 1.54) is 0 Å². The molecule has 0 aromatic rings. The van der Waals surface area contributed by atoms with Gasteiger partial charge in [0.25, 0.3) is 0 Å². The van der Waals surface area contributed by atoms with Gasteiger partial charge < -0.3 is 25.7 Å². The zero-order valence-corrected chi connectivity index (χ0v) is 20.5. The second-order valence-corrected chi connectivity index (χ2v) is 11.4. The Hall–Kier alpha value is -2.16. The Morgan fingerprint density at radius 1 is 1.06 bits per heavy atom. The third-order valence-corrected chi connectivity index (χ3v) is 7.76. The highest BCUT2D eigenvalue weighted by Gasteiger charge is 2.69. The van der Waals surface area contributed by atoms with E-state index in [1.54, 1.807) is 18.7 Å². The lowest BCUT2D eigenvalue weighted by Crippen LogP contribution is -2.59. The second-order valence-electron chi connectivity index (χ2n) is 11.4. The summed E-state index contributed by atoms with van der Waals surface area (Å²) in [7, 11) is 0. The van der Waals surface area contributed by atoms with Crippen LogP contribution in [0.2, 0.25) is 0 Å². The van der Waals surface area contributed by atoms with Crippen LogP contribution in [0.15, 0.2) is 0 Å². The fraction of sp³-hybridized carbons (Fsp3) is 0.833. The molecule has 186 valence electrons. The summed E-state index contributed by atoms with van der Waals surface area (Å²) in [5, 5.41) is 25.1. The van der Waals surface area contributed by atoms with Crippen LogP contribution >= 0.6 is 0 Å². The average Bonchev–Trinajstić information content (AvgIpc) is 3.57. The van der Waals surface area contributed by atoms with Crippen molar-refractivity contribution in [3.05, 3.63) is 0 Å². The normalized spacial score (nSPS) is 28.2. The van der Waals surface area contributed by atoms with E-state index in [2.05, 4.69) is 24.5 Å². The predicted octanol–water partition coefficient (Wildman–Crippen LogP) is 0.997. The predicted molar refractivity (Wildman–Crippen MR) is 121 cm³/mol. The molecule has 0 bridgehead atoms. The van der Waals surface area contributed by atoms with E-state index in [9.17, 15) is 29.4 Å². The van der Waals surface area contributed by atoms with Gasteiger partial charge in [-0.3, -0.25) is 14.4 Å². The number of carbonyl (C=O) groups excluding carboxylic acids is 3. The summed E-state index contributed by atoms with van der Waals surface area (Å²) >= 11 is 0. The maximum Gasteiger partial charge on any atom is 0.334 e. The molecule has 2 unspecified atom stereocenters. The van der Waals surface area contributed by atoms with Crippen molar-refractivity contribution >= 4 is 23.7 Å². The number of aliphatic hydroxyl groups excluding tert-OH is 1. The number of nitrogens with zero attached hydrogens (tertiary/aromatic N) is 1. The van der Waals surface area contributed by atoms with Crippen molar-refractivity contribution in [2.75, 3.05) is 6.54 Å².